The van der Waals surface area contributed by atoms with E-state index in [1.54, 1.807) is 47.3 Å². The third kappa shape index (κ3) is 3.79. The van der Waals surface area contributed by atoms with Crippen LogP contribution in [-0.2, 0) is 26.8 Å². The van der Waals surface area contributed by atoms with Gasteiger partial charge in [-0.05, 0) is 41.9 Å². The largest absolute Gasteiger partial charge is 0.427 e. The molecule has 1 spiro atoms. The second-order valence-corrected chi connectivity index (χ2v) is 11.0. The maximum absolute atomic E-state index is 15.1. The van der Waals surface area contributed by atoms with Crippen LogP contribution in [0.5, 0.6) is 0 Å². The maximum Gasteiger partial charge on any atom is 0.427 e. The summed E-state index contributed by atoms with van der Waals surface area (Å²) in [6.07, 6.45) is 1.28. The Kier molecular flexibility index (Phi) is 6.44. The van der Waals surface area contributed by atoms with Gasteiger partial charge in [0.25, 0.3) is 11.5 Å². The van der Waals surface area contributed by atoms with Crippen LogP contribution in [0.1, 0.15) is 55.3 Å². The molecule has 2 fully saturated rings. The van der Waals surface area contributed by atoms with E-state index < -0.39 is 28.5 Å². The van der Waals surface area contributed by atoms with Gasteiger partial charge in [0.15, 0.2) is 0 Å². The van der Waals surface area contributed by atoms with Crippen LogP contribution in [0.3, 0.4) is 0 Å². The lowest BCUT2D eigenvalue weighted by Gasteiger charge is -2.53. The van der Waals surface area contributed by atoms with Gasteiger partial charge in [-0.3, -0.25) is 14.3 Å². The number of likely N-dealkylation sites (tertiary alicyclic amines) is 1. The molecule has 1 N–H and O–H groups in total. The minimum absolute atomic E-state index is 0.00359. The molecule has 204 valence electrons. The Bertz CT molecular complexity index is 1260. The number of nitrogens with zero attached hydrogens (tertiary/aromatic N) is 3. The Balaban J connectivity index is 1.49. The quantitative estimate of drug-likeness (QED) is 0.650. The van der Waals surface area contributed by atoms with Crippen LogP contribution in [0.15, 0.2) is 42.6 Å². The van der Waals surface area contributed by atoms with E-state index in [4.69, 9.17) is 4.74 Å². The van der Waals surface area contributed by atoms with E-state index in [9.17, 15) is 9.59 Å². The highest BCUT2D eigenvalue weighted by Gasteiger charge is 2.72. The molecule has 3 heterocycles. The second kappa shape index (κ2) is 9.25. The standard InChI is InChI=1S/C28H33F3N4O3/c1-25(11-6-8-19-7-4-5-9-20(19)25)27(38-3,28(29,30)31)24(37)35-15-12-26(13-16-35)17-23(36)32-18-21(26)22-10-14-33-34(22)2/h4-10,14,21H,11-13,15-18H2,1-3H3,(H,32,36). The maximum atomic E-state index is 15.1. The molecule has 2 amide bonds. The summed E-state index contributed by atoms with van der Waals surface area (Å²) >= 11 is 0. The van der Waals surface area contributed by atoms with Crippen molar-refractivity contribution >= 4 is 17.9 Å². The number of methoxy groups -OCH3 is 1. The van der Waals surface area contributed by atoms with Crippen LogP contribution in [-0.4, -0.2) is 65.0 Å². The number of carbonyl (C=O) groups is 2. The van der Waals surface area contributed by atoms with E-state index in [1.165, 1.54) is 11.8 Å². The average Bonchev–Trinajstić information content (AvgIpc) is 3.30. The third-order valence-electron chi connectivity index (χ3n) is 9.18. The van der Waals surface area contributed by atoms with Crippen LogP contribution in [0.2, 0.25) is 0 Å². The number of alkyl halides is 3. The van der Waals surface area contributed by atoms with Gasteiger partial charge in [0, 0.05) is 63.4 Å². The van der Waals surface area contributed by atoms with Crippen molar-refractivity contribution in [3.05, 3.63) is 59.4 Å². The molecule has 0 radical (unpaired) electrons. The van der Waals surface area contributed by atoms with Crippen molar-refractivity contribution in [2.45, 2.75) is 55.7 Å². The normalized spacial score (nSPS) is 26.5. The Hall–Kier alpha value is -3.14. The van der Waals surface area contributed by atoms with Gasteiger partial charge < -0.3 is 15.0 Å². The fourth-order valence-electron chi connectivity index (χ4n) is 7.09. The molecule has 2 saturated heterocycles. The van der Waals surface area contributed by atoms with Crippen LogP contribution in [0.25, 0.3) is 6.08 Å². The lowest BCUT2D eigenvalue weighted by Crippen LogP contribution is -2.70. The Morgan fingerprint density at radius 3 is 2.53 bits per heavy atom. The van der Waals surface area contributed by atoms with Crippen molar-refractivity contribution in [3.63, 3.8) is 0 Å². The number of piperidine rings is 2. The van der Waals surface area contributed by atoms with Gasteiger partial charge in [0.05, 0.1) is 0 Å². The predicted octanol–water partition coefficient (Wildman–Crippen LogP) is 3.95. The summed E-state index contributed by atoms with van der Waals surface area (Å²) in [6, 6.07) is 8.77. The average molecular weight is 531 g/mol. The number of carbonyl (C=O) groups excluding carboxylic acids is 2. The summed E-state index contributed by atoms with van der Waals surface area (Å²) < 4.78 is 52.5. The third-order valence-corrected chi connectivity index (χ3v) is 9.18. The summed E-state index contributed by atoms with van der Waals surface area (Å²) in [6.45, 7) is 2.11. The van der Waals surface area contributed by atoms with E-state index in [2.05, 4.69) is 10.4 Å². The number of fused-ring (bicyclic) bond motifs is 1. The molecule has 10 heteroatoms. The molecule has 0 bridgehead atoms. The SMILES string of the molecule is COC(C(=O)N1CCC2(CC1)CC(=O)NCC2c1ccnn1C)(C(F)(F)F)C1(C)CC=Cc2ccccc21. The Labute approximate surface area is 220 Å². The highest BCUT2D eigenvalue weighted by Crippen LogP contribution is 2.55. The van der Waals surface area contributed by atoms with Crippen molar-refractivity contribution in [1.29, 1.82) is 0 Å². The molecule has 5 rings (SSSR count). The number of allylic oxidation sites excluding steroid dienone is 1. The smallest absolute Gasteiger partial charge is 0.360 e. The molecule has 2 aliphatic heterocycles. The zero-order chi connectivity index (χ0) is 27.3. The number of ether oxygens (including phenoxy) is 1. The Morgan fingerprint density at radius 2 is 1.89 bits per heavy atom. The predicted molar refractivity (Wildman–Crippen MR) is 135 cm³/mol. The molecule has 2 aromatic rings. The van der Waals surface area contributed by atoms with Gasteiger partial charge in [-0.1, -0.05) is 43.3 Å². The molecule has 3 aliphatic rings. The first kappa shape index (κ1) is 26.5. The summed E-state index contributed by atoms with van der Waals surface area (Å²) in [7, 11) is 2.82. The number of aromatic nitrogens is 2. The number of halogens is 3. The second-order valence-electron chi connectivity index (χ2n) is 11.0. The van der Waals surface area contributed by atoms with Crippen LogP contribution < -0.4 is 5.32 Å². The summed E-state index contributed by atoms with van der Waals surface area (Å²) in [4.78, 5) is 27.8. The number of rotatable bonds is 4. The summed E-state index contributed by atoms with van der Waals surface area (Å²) in [5.74, 6) is -1.21. The van der Waals surface area contributed by atoms with E-state index in [0.717, 1.165) is 12.8 Å². The number of hydrogen-bond donors (Lipinski definition) is 1. The van der Waals surface area contributed by atoms with E-state index in [1.807, 2.05) is 13.1 Å². The van der Waals surface area contributed by atoms with Crippen molar-refractivity contribution < 1.29 is 27.5 Å². The van der Waals surface area contributed by atoms with E-state index in [0.29, 0.717) is 30.5 Å². The van der Waals surface area contributed by atoms with Crippen molar-refractivity contribution in [3.8, 4) is 0 Å². The molecule has 1 aromatic carbocycles. The van der Waals surface area contributed by atoms with E-state index >= 15 is 13.2 Å². The summed E-state index contributed by atoms with van der Waals surface area (Å²) in [5.41, 5.74) is -3.17. The number of aryl methyl sites for hydroxylation is 1. The van der Waals surface area contributed by atoms with Gasteiger partial charge >= 0.3 is 6.18 Å². The molecule has 3 unspecified atom stereocenters. The highest BCUT2D eigenvalue weighted by molar-refractivity contribution is 5.89. The fraction of sp³-hybridized carbons (Fsp3) is 0.536. The first-order chi connectivity index (χ1) is 18.0. The highest BCUT2D eigenvalue weighted by atomic mass is 19.4. The Morgan fingerprint density at radius 1 is 1.18 bits per heavy atom. The first-order valence-corrected chi connectivity index (χ1v) is 12.9. The lowest BCUT2D eigenvalue weighted by molar-refractivity contribution is -0.286. The van der Waals surface area contributed by atoms with Crippen molar-refractivity contribution in [2.75, 3.05) is 26.7 Å². The number of hydrogen-bond acceptors (Lipinski definition) is 4. The molecule has 0 saturated carbocycles. The monoisotopic (exact) mass is 530 g/mol. The fourth-order valence-corrected chi connectivity index (χ4v) is 7.09. The minimum Gasteiger partial charge on any atom is -0.360 e. The molecule has 1 aliphatic carbocycles. The molecule has 3 atom stereocenters. The van der Waals surface area contributed by atoms with Crippen LogP contribution >= 0.6 is 0 Å². The zero-order valence-corrected chi connectivity index (χ0v) is 21.8. The minimum atomic E-state index is -4.97. The number of nitrogens with one attached hydrogen (secondary N) is 1. The van der Waals surface area contributed by atoms with Crippen LogP contribution in [0, 0.1) is 5.41 Å². The van der Waals surface area contributed by atoms with Crippen molar-refractivity contribution in [2.24, 2.45) is 12.5 Å². The van der Waals surface area contributed by atoms with Gasteiger partial charge in [0.1, 0.15) is 0 Å². The van der Waals surface area contributed by atoms with Gasteiger partial charge in [0.2, 0.25) is 5.91 Å². The number of amides is 2. The lowest BCUT2D eigenvalue weighted by atomic mass is 9.61. The molecule has 7 nitrogen and oxygen atoms in total. The van der Waals surface area contributed by atoms with E-state index in [-0.39, 0.29) is 37.8 Å². The topological polar surface area (TPSA) is 76.5 Å². The summed E-state index contributed by atoms with van der Waals surface area (Å²) in [5, 5.41) is 7.20. The zero-order valence-electron chi connectivity index (χ0n) is 21.8. The van der Waals surface area contributed by atoms with Gasteiger partial charge in [-0.2, -0.15) is 18.3 Å². The first-order valence-electron chi connectivity index (χ1n) is 12.9. The van der Waals surface area contributed by atoms with Crippen molar-refractivity contribution in [1.82, 2.24) is 20.0 Å². The van der Waals surface area contributed by atoms with Gasteiger partial charge in [-0.25, -0.2) is 0 Å². The molecule has 1 aromatic heterocycles. The molecular weight excluding hydrogens is 497 g/mol. The molecular formula is C28H33F3N4O3. The van der Waals surface area contributed by atoms with Crippen LogP contribution in [0.4, 0.5) is 13.2 Å². The number of benzene rings is 1. The molecule has 38 heavy (non-hydrogen) atoms. The van der Waals surface area contributed by atoms with Gasteiger partial charge in [-0.15, -0.1) is 0 Å².